The summed E-state index contributed by atoms with van der Waals surface area (Å²) in [6.45, 7) is 1.97. The first-order chi connectivity index (χ1) is 9.29. The van der Waals surface area contributed by atoms with E-state index in [1.165, 1.54) is 6.07 Å². The molecule has 0 unspecified atom stereocenters. The largest absolute Gasteiger partial charge is 0.207 e. The van der Waals surface area contributed by atoms with E-state index in [-0.39, 0.29) is 5.82 Å². The Morgan fingerprint density at radius 1 is 1.00 bits per heavy atom. The fourth-order valence-electron chi connectivity index (χ4n) is 1.93. The summed E-state index contributed by atoms with van der Waals surface area (Å²) in [6, 6.07) is 15.2. The third-order valence-electron chi connectivity index (χ3n) is 2.90. The number of halogens is 1. The summed E-state index contributed by atoms with van der Waals surface area (Å²) >= 11 is 0. The molecule has 0 nitrogen and oxygen atoms in total. The first-order valence-corrected chi connectivity index (χ1v) is 6.41. The second kappa shape index (κ2) is 6.69. The van der Waals surface area contributed by atoms with Crippen LogP contribution in [0.1, 0.15) is 23.6 Å². The van der Waals surface area contributed by atoms with Gasteiger partial charge in [-0.25, -0.2) is 4.39 Å². The average molecular weight is 252 g/mol. The molecule has 1 heteroatoms. The van der Waals surface area contributed by atoms with Crippen molar-refractivity contribution in [2.75, 3.05) is 0 Å². The molecule has 0 amide bonds. The zero-order chi connectivity index (χ0) is 13.5. The van der Waals surface area contributed by atoms with Gasteiger partial charge in [0.1, 0.15) is 5.82 Å². The first-order valence-electron chi connectivity index (χ1n) is 6.41. The van der Waals surface area contributed by atoms with E-state index >= 15 is 0 Å². The molecule has 96 valence electrons. The summed E-state index contributed by atoms with van der Waals surface area (Å²) in [7, 11) is 0. The van der Waals surface area contributed by atoms with Crippen molar-refractivity contribution in [2.24, 2.45) is 0 Å². The molecule has 0 radical (unpaired) electrons. The Morgan fingerprint density at radius 2 is 1.79 bits per heavy atom. The van der Waals surface area contributed by atoms with Gasteiger partial charge in [0, 0.05) is 6.42 Å². The van der Waals surface area contributed by atoms with E-state index in [1.807, 2.05) is 67.6 Å². The van der Waals surface area contributed by atoms with E-state index in [0.717, 1.165) is 16.7 Å². The lowest BCUT2D eigenvalue weighted by molar-refractivity contribution is 0.614. The maximum Gasteiger partial charge on any atom is 0.126 e. The van der Waals surface area contributed by atoms with Crippen molar-refractivity contribution < 1.29 is 4.39 Å². The molecule has 19 heavy (non-hydrogen) atoms. The van der Waals surface area contributed by atoms with Crippen LogP contribution in [-0.4, -0.2) is 0 Å². The van der Waals surface area contributed by atoms with Gasteiger partial charge in [-0.3, -0.25) is 0 Å². The average Bonchev–Trinajstić information content (AvgIpc) is 2.44. The van der Waals surface area contributed by atoms with Gasteiger partial charge in [-0.1, -0.05) is 60.7 Å². The van der Waals surface area contributed by atoms with Crippen LogP contribution in [0.5, 0.6) is 0 Å². The Kier molecular flexibility index (Phi) is 4.68. The molecule has 0 saturated heterocycles. The van der Waals surface area contributed by atoms with Crippen LogP contribution in [0.4, 0.5) is 4.39 Å². The van der Waals surface area contributed by atoms with Gasteiger partial charge in [-0.2, -0.15) is 0 Å². The fourth-order valence-corrected chi connectivity index (χ4v) is 1.93. The number of hydrogen-bond donors (Lipinski definition) is 0. The van der Waals surface area contributed by atoms with Crippen LogP contribution >= 0.6 is 0 Å². The van der Waals surface area contributed by atoms with Gasteiger partial charge in [0.25, 0.3) is 0 Å². The van der Waals surface area contributed by atoms with E-state index in [4.69, 9.17) is 0 Å². The summed E-state index contributed by atoms with van der Waals surface area (Å²) in [5.74, 6) is -0.146. The molecular weight excluding hydrogens is 235 g/mol. The maximum atomic E-state index is 13.8. The Morgan fingerprint density at radius 3 is 2.53 bits per heavy atom. The molecule has 0 aliphatic rings. The molecule has 2 aromatic carbocycles. The van der Waals surface area contributed by atoms with Gasteiger partial charge in [0.2, 0.25) is 0 Å². The van der Waals surface area contributed by atoms with Crippen molar-refractivity contribution in [3.63, 3.8) is 0 Å². The molecule has 2 aromatic rings. The van der Waals surface area contributed by atoms with Crippen LogP contribution < -0.4 is 0 Å². The minimum atomic E-state index is -0.146. The topological polar surface area (TPSA) is 0 Å². The molecule has 0 saturated carbocycles. The third kappa shape index (κ3) is 3.92. The number of allylic oxidation sites excluding steroid dienone is 3. The van der Waals surface area contributed by atoms with Crippen LogP contribution in [0.3, 0.4) is 0 Å². The minimum absolute atomic E-state index is 0.146. The molecule has 0 aromatic heterocycles. The SMILES string of the molecule is CC=CC=Cc1ccc(F)c(Cc2ccccc2)c1. The Labute approximate surface area is 113 Å². The Bertz CT molecular complexity index is 580. The lowest BCUT2D eigenvalue weighted by Gasteiger charge is -2.05. The van der Waals surface area contributed by atoms with E-state index < -0.39 is 0 Å². The highest BCUT2D eigenvalue weighted by atomic mass is 19.1. The van der Waals surface area contributed by atoms with Gasteiger partial charge in [-0.05, 0) is 35.7 Å². The number of rotatable bonds is 4. The molecule has 0 spiro atoms. The van der Waals surface area contributed by atoms with E-state index in [1.54, 1.807) is 6.07 Å². The van der Waals surface area contributed by atoms with E-state index in [2.05, 4.69) is 0 Å². The molecule has 0 bridgehead atoms. The van der Waals surface area contributed by atoms with Crippen LogP contribution in [0.25, 0.3) is 6.08 Å². The third-order valence-corrected chi connectivity index (χ3v) is 2.90. The molecule has 0 aliphatic heterocycles. The van der Waals surface area contributed by atoms with Gasteiger partial charge in [0.15, 0.2) is 0 Å². The molecule has 2 rings (SSSR count). The standard InChI is InChI=1S/C18H17F/c1-2-3-5-8-16-11-12-18(19)17(14-16)13-15-9-6-4-7-10-15/h2-12,14H,13H2,1H3. The highest BCUT2D eigenvalue weighted by molar-refractivity contribution is 5.52. The van der Waals surface area contributed by atoms with Crippen molar-refractivity contribution in [1.29, 1.82) is 0 Å². The van der Waals surface area contributed by atoms with Crippen molar-refractivity contribution in [3.05, 3.63) is 89.3 Å². The van der Waals surface area contributed by atoms with Crippen molar-refractivity contribution in [2.45, 2.75) is 13.3 Å². The molecule has 0 heterocycles. The van der Waals surface area contributed by atoms with Crippen molar-refractivity contribution in [1.82, 2.24) is 0 Å². The zero-order valence-electron chi connectivity index (χ0n) is 11.0. The van der Waals surface area contributed by atoms with E-state index in [9.17, 15) is 4.39 Å². The maximum absolute atomic E-state index is 13.8. The predicted molar refractivity (Wildman–Crippen MR) is 79.5 cm³/mol. The minimum Gasteiger partial charge on any atom is -0.207 e. The highest BCUT2D eigenvalue weighted by Gasteiger charge is 2.03. The summed E-state index contributed by atoms with van der Waals surface area (Å²) in [5, 5.41) is 0. The monoisotopic (exact) mass is 252 g/mol. The molecule has 0 fully saturated rings. The normalized spacial score (nSPS) is 11.5. The molecule has 0 N–H and O–H groups in total. The number of benzene rings is 2. The van der Waals surface area contributed by atoms with Gasteiger partial charge in [0.05, 0.1) is 0 Å². The summed E-state index contributed by atoms with van der Waals surface area (Å²) < 4.78 is 13.8. The summed E-state index contributed by atoms with van der Waals surface area (Å²) in [5.41, 5.74) is 2.87. The molecular formula is C18H17F. The molecule has 0 aliphatic carbocycles. The lowest BCUT2D eigenvalue weighted by atomic mass is 10.0. The summed E-state index contributed by atoms with van der Waals surface area (Å²) in [4.78, 5) is 0. The number of hydrogen-bond acceptors (Lipinski definition) is 0. The lowest BCUT2D eigenvalue weighted by Crippen LogP contribution is -1.93. The second-order valence-corrected chi connectivity index (χ2v) is 4.40. The van der Waals surface area contributed by atoms with Gasteiger partial charge in [-0.15, -0.1) is 0 Å². The van der Waals surface area contributed by atoms with Crippen molar-refractivity contribution >= 4 is 6.08 Å². The smallest absolute Gasteiger partial charge is 0.126 e. The fraction of sp³-hybridized carbons (Fsp3) is 0.111. The van der Waals surface area contributed by atoms with Crippen LogP contribution in [0.2, 0.25) is 0 Å². The van der Waals surface area contributed by atoms with Crippen molar-refractivity contribution in [3.8, 4) is 0 Å². The summed E-state index contributed by atoms with van der Waals surface area (Å²) in [6.07, 6.45) is 8.48. The predicted octanol–water partition coefficient (Wildman–Crippen LogP) is 5.01. The van der Waals surface area contributed by atoms with Gasteiger partial charge < -0.3 is 0 Å². The quantitative estimate of drug-likeness (QED) is 0.671. The van der Waals surface area contributed by atoms with Crippen LogP contribution in [-0.2, 0) is 6.42 Å². The Balaban J connectivity index is 2.22. The van der Waals surface area contributed by atoms with Crippen LogP contribution in [0, 0.1) is 5.82 Å². The Hall–Kier alpha value is -2.15. The second-order valence-electron chi connectivity index (χ2n) is 4.40. The first kappa shape index (κ1) is 13.3. The van der Waals surface area contributed by atoms with Crippen LogP contribution in [0.15, 0.2) is 66.8 Å². The molecule has 0 atom stereocenters. The van der Waals surface area contributed by atoms with E-state index in [0.29, 0.717) is 6.42 Å². The zero-order valence-corrected chi connectivity index (χ0v) is 11.0. The highest BCUT2D eigenvalue weighted by Crippen LogP contribution is 2.16. The van der Waals surface area contributed by atoms with Gasteiger partial charge >= 0.3 is 0 Å².